The molecule has 0 saturated heterocycles. The number of hydrogen-bond acceptors (Lipinski definition) is 2. The maximum Gasteiger partial charge on any atom is 0.150 e. The summed E-state index contributed by atoms with van der Waals surface area (Å²) in [6.45, 7) is 0. The van der Waals surface area contributed by atoms with E-state index < -0.39 is 0 Å². The summed E-state index contributed by atoms with van der Waals surface area (Å²) in [6.07, 6.45) is 10.7. The summed E-state index contributed by atoms with van der Waals surface area (Å²) in [4.78, 5) is 20.1. The number of benzene rings is 1. The second kappa shape index (κ2) is 9.58. The summed E-state index contributed by atoms with van der Waals surface area (Å²) >= 11 is 0. The first-order valence-corrected chi connectivity index (χ1v) is 6.80. The molecule has 98 valence electrons. The van der Waals surface area contributed by atoms with Gasteiger partial charge in [-0.15, -0.1) is 0 Å². The lowest BCUT2D eigenvalue weighted by atomic mass is 9.86. The van der Waals surface area contributed by atoms with Gasteiger partial charge in [-0.2, -0.15) is 0 Å². The first kappa shape index (κ1) is 14.6. The molecule has 1 fully saturated rings. The first-order chi connectivity index (χ1) is 8.86. The molecule has 1 saturated carbocycles. The fourth-order valence-corrected chi connectivity index (χ4v) is 2.31. The van der Waals surface area contributed by atoms with Gasteiger partial charge < -0.3 is 4.79 Å². The molecule has 0 unspecified atom stereocenters. The highest BCUT2D eigenvalue weighted by Gasteiger charge is 2.11. The SMILES string of the molecule is O=CCCC1CCCCC1.O=Cc1ccccc1. The molecule has 2 nitrogen and oxygen atoms in total. The van der Waals surface area contributed by atoms with Gasteiger partial charge in [0.05, 0.1) is 0 Å². The highest BCUT2D eigenvalue weighted by molar-refractivity contribution is 5.74. The minimum absolute atomic E-state index is 0.729. The van der Waals surface area contributed by atoms with Crippen molar-refractivity contribution in [1.29, 1.82) is 0 Å². The van der Waals surface area contributed by atoms with Crippen LogP contribution in [-0.2, 0) is 4.79 Å². The van der Waals surface area contributed by atoms with Gasteiger partial charge >= 0.3 is 0 Å². The third-order valence-corrected chi connectivity index (χ3v) is 3.35. The number of carbonyl (C=O) groups excluding carboxylic acids is 2. The number of carbonyl (C=O) groups is 2. The number of aldehydes is 2. The Balaban J connectivity index is 0.000000184. The van der Waals surface area contributed by atoms with Crippen LogP contribution in [0.2, 0.25) is 0 Å². The van der Waals surface area contributed by atoms with Crippen LogP contribution in [0.1, 0.15) is 55.3 Å². The standard InChI is InChI=1S/C9H16O.C7H6O/c10-8-4-7-9-5-2-1-3-6-9;8-6-7-4-2-1-3-5-7/h8-9H,1-7H2;1-6H. The average Bonchev–Trinajstić information content (AvgIpc) is 2.48. The molecule has 1 aliphatic rings. The van der Waals surface area contributed by atoms with Gasteiger partial charge in [0.15, 0.2) is 0 Å². The van der Waals surface area contributed by atoms with E-state index >= 15 is 0 Å². The van der Waals surface area contributed by atoms with Crippen molar-refractivity contribution in [2.24, 2.45) is 5.92 Å². The maximum atomic E-state index is 10.0. The molecule has 2 rings (SSSR count). The van der Waals surface area contributed by atoms with Crippen LogP contribution in [0.25, 0.3) is 0 Å². The summed E-state index contributed by atoms with van der Waals surface area (Å²) in [5.41, 5.74) is 0.729. The zero-order valence-electron chi connectivity index (χ0n) is 10.9. The van der Waals surface area contributed by atoms with Crippen molar-refractivity contribution in [2.45, 2.75) is 44.9 Å². The van der Waals surface area contributed by atoms with E-state index in [9.17, 15) is 9.59 Å². The average molecular weight is 246 g/mol. The normalized spacial score (nSPS) is 15.3. The van der Waals surface area contributed by atoms with E-state index in [-0.39, 0.29) is 0 Å². The lowest BCUT2D eigenvalue weighted by molar-refractivity contribution is -0.108. The zero-order valence-corrected chi connectivity index (χ0v) is 10.9. The molecular formula is C16H22O2. The smallest absolute Gasteiger partial charge is 0.150 e. The van der Waals surface area contributed by atoms with Crippen LogP contribution in [0.4, 0.5) is 0 Å². The van der Waals surface area contributed by atoms with Gasteiger partial charge in [-0.3, -0.25) is 4.79 Å². The molecule has 0 atom stereocenters. The molecule has 0 heterocycles. The summed E-state index contributed by atoms with van der Waals surface area (Å²) < 4.78 is 0. The Hall–Kier alpha value is -1.44. The van der Waals surface area contributed by atoms with Crippen LogP contribution >= 0.6 is 0 Å². The van der Waals surface area contributed by atoms with E-state index in [0.717, 1.165) is 36.9 Å². The van der Waals surface area contributed by atoms with Crippen LogP contribution in [0, 0.1) is 5.92 Å². The molecule has 0 N–H and O–H groups in total. The van der Waals surface area contributed by atoms with Gasteiger partial charge in [-0.25, -0.2) is 0 Å². The van der Waals surface area contributed by atoms with Crippen molar-refractivity contribution in [1.82, 2.24) is 0 Å². The maximum absolute atomic E-state index is 10.0. The van der Waals surface area contributed by atoms with Gasteiger partial charge in [0.2, 0.25) is 0 Å². The molecule has 0 amide bonds. The first-order valence-electron chi connectivity index (χ1n) is 6.80. The molecule has 0 aromatic heterocycles. The van der Waals surface area contributed by atoms with Gasteiger partial charge in [-0.1, -0.05) is 62.4 Å². The molecule has 0 spiro atoms. The van der Waals surface area contributed by atoms with Gasteiger partial charge in [0, 0.05) is 12.0 Å². The topological polar surface area (TPSA) is 34.1 Å². The van der Waals surface area contributed by atoms with Crippen molar-refractivity contribution in [3.05, 3.63) is 35.9 Å². The molecule has 0 bridgehead atoms. The Morgan fingerprint density at radius 1 is 1.00 bits per heavy atom. The van der Waals surface area contributed by atoms with E-state index in [1.165, 1.54) is 32.1 Å². The minimum atomic E-state index is 0.729. The molecule has 1 aromatic carbocycles. The lowest BCUT2D eigenvalue weighted by Crippen LogP contribution is -2.05. The lowest BCUT2D eigenvalue weighted by Gasteiger charge is -2.19. The van der Waals surface area contributed by atoms with Gasteiger partial charge in [0.25, 0.3) is 0 Å². The molecule has 18 heavy (non-hydrogen) atoms. The van der Waals surface area contributed by atoms with Crippen LogP contribution in [0.5, 0.6) is 0 Å². The Morgan fingerprint density at radius 2 is 1.67 bits per heavy atom. The molecule has 0 radical (unpaired) electrons. The second-order valence-electron chi connectivity index (χ2n) is 4.78. The van der Waals surface area contributed by atoms with Crippen LogP contribution < -0.4 is 0 Å². The summed E-state index contributed by atoms with van der Waals surface area (Å²) in [6, 6.07) is 9.10. The van der Waals surface area contributed by atoms with Crippen LogP contribution in [-0.4, -0.2) is 12.6 Å². The summed E-state index contributed by atoms with van der Waals surface area (Å²) in [5, 5.41) is 0. The third-order valence-electron chi connectivity index (χ3n) is 3.35. The molecule has 2 heteroatoms. The Bertz CT molecular complexity index is 326. The fraction of sp³-hybridized carbons (Fsp3) is 0.500. The number of hydrogen-bond donors (Lipinski definition) is 0. The van der Waals surface area contributed by atoms with Crippen LogP contribution in [0.3, 0.4) is 0 Å². The Kier molecular flexibility index (Phi) is 7.78. The quantitative estimate of drug-likeness (QED) is 0.751. The van der Waals surface area contributed by atoms with Gasteiger partial charge in [-0.05, 0) is 12.3 Å². The van der Waals surface area contributed by atoms with E-state index in [4.69, 9.17) is 0 Å². The van der Waals surface area contributed by atoms with E-state index in [2.05, 4.69) is 0 Å². The highest BCUT2D eigenvalue weighted by Crippen LogP contribution is 2.26. The second-order valence-corrected chi connectivity index (χ2v) is 4.78. The monoisotopic (exact) mass is 246 g/mol. The third kappa shape index (κ3) is 6.33. The molecule has 1 aromatic rings. The zero-order chi connectivity index (χ0) is 13.1. The fourth-order valence-electron chi connectivity index (χ4n) is 2.31. The Morgan fingerprint density at radius 3 is 2.17 bits per heavy atom. The Labute approximate surface area is 109 Å². The van der Waals surface area contributed by atoms with Crippen molar-refractivity contribution in [3.8, 4) is 0 Å². The number of rotatable bonds is 4. The van der Waals surface area contributed by atoms with Crippen molar-refractivity contribution >= 4 is 12.6 Å². The highest BCUT2D eigenvalue weighted by atomic mass is 16.1. The summed E-state index contributed by atoms with van der Waals surface area (Å²) in [5.74, 6) is 0.874. The minimum Gasteiger partial charge on any atom is -0.303 e. The van der Waals surface area contributed by atoms with E-state index in [0.29, 0.717) is 0 Å². The van der Waals surface area contributed by atoms with Crippen molar-refractivity contribution in [3.63, 3.8) is 0 Å². The molecule has 1 aliphatic carbocycles. The summed E-state index contributed by atoms with van der Waals surface area (Å²) in [7, 11) is 0. The molecular weight excluding hydrogens is 224 g/mol. The largest absolute Gasteiger partial charge is 0.303 e. The predicted octanol–water partition coefficient (Wildman–Crippen LogP) is 4.04. The van der Waals surface area contributed by atoms with Crippen molar-refractivity contribution in [2.75, 3.05) is 0 Å². The van der Waals surface area contributed by atoms with Crippen LogP contribution in [0.15, 0.2) is 30.3 Å². The molecule has 0 aliphatic heterocycles. The predicted molar refractivity (Wildman–Crippen MR) is 73.7 cm³/mol. The van der Waals surface area contributed by atoms with Gasteiger partial charge in [0.1, 0.15) is 12.6 Å². The van der Waals surface area contributed by atoms with Crippen molar-refractivity contribution < 1.29 is 9.59 Å². The van der Waals surface area contributed by atoms with E-state index in [1.54, 1.807) is 12.1 Å². The van der Waals surface area contributed by atoms with E-state index in [1.807, 2.05) is 18.2 Å².